The first-order valence-corrected chi connectivity index (χ1v) is 8.33. The second-order valence-electron chi connectivity index (χ2n) is 5.80. The van der Waals surface area contributed by atoms with Crippen molar-refractivity contribution in [2.24, 2.45) is 0 Å². The fourth-order valence-electron chi connectivity index (χ4n) is 2.87. The van der Waals surface area contributed by atoms with Gasteiger partial charge in [-0.15, -0.1) is 0 Å². The number of rotatable bonds is 6. The van der Waals surface area contributed by atoms with Crippen LogP contribution in [0.5, 0.6) is 0 Å². The summed E-state index contributed by atoms with van der Waals surface area (Å²) in [6.45, 7) is 0.911. The summed E-state index contributed by atoms with van der Waals surface area (Å²) in [5, 5.41) is 6.62. The van der Waals surface area contributed by atoms with Crippen LogP contribution in [0.1, 0.15) is 49.3 Å². The Morgan fingerprint density at radius 1 is 1.30 bits per heavy atom. The molecular formula is C16H21BrN2O. The third-order valence-corrected chi connectivity index (χ3v) is 4.87. The normalized spacial score (nSPS) is 20.8. The molecule has 4 heteroatoms. The minimum Gasteiger partial charge on any atom is -0.353 e. The standard InChI is InChI=1S/C16H21BrN2O/c17-14-4-1-3-13-12(14)8-9-15(13)18-10-2-5-16(20)19-11-6-7-11/h1,3-4,11,15,18H,2,5-10H2,(H,19,20). The molecular weight excluding hydrogens is 316 g/mol. The quantitative estimate of drug-likeness (QED) is 0.784. The monoisotopic (exact) mass is 336 g/mol. The molecule has 0 radical (unpaired) electrons. The second-order valence-corrected chi connectivity index (χ2v) is 6.65. The third-order valence-electron chi connectivity index (χ3n) is 4.13. The Morgan fingerprint density at radius 3 is 2.95 bits per heavy atom. The summed E-state index contributed by atoms with van der Waals surface area (Å²) in [6.07, 6.45) is 6.18. The zero-order chi connectivity index (χ0) is 13.9. The van der Waals surface area contributed by atoms with E-state index in [0.717, 1.165) is 38.6 Å². The van der Waals surface area contributed by atoms with Gasteiger partial charge in [0, 0.05) is 23.0 Å². The van der Waals surface area contributed by atoms with Gasteiger partial charge in [-0.3, -0.25) is 4.79 Å². The van der Waals surface area contributed by atoms with Crippen LogP contribution in [0.15, 0.2) is 22.7 Å². The van der Waals surface area contributed by atoms with Crippen LogP contribution >= 0.6 is 15.9 Å². The van der Waals surface area contributed by atoms with Crippen LogP contribution in [0.4, 0.5) is 0 Å². The number of carbonyl (C=O) groups is 1. The number of hydrogen-bond acceptors (Lipinski definition) is 2. The third kappa shape index (κ3) is 3.41. The molecule has 1 fully saturated rings. The molecule has 1 saturated carbocycles. The number of nitrogens with one attached hydrogen (secondary N) is 2. The molecule has 0 aliphatic heterocycles. The molecule has 2 N–H and O–H groups in total. The van der Waals surface area contributed by atoms with Crippen LogP contribution in [0.3, 0.4) is 0 Å². The van der Waals surface area contributed by atoms with Crippen LogP contribution in [0.25, 0.3) is 0 Å². The van der Waals surface area contributed by atoms with Crippen molar-refractivity contribution in [3.05, 3.63) is 33.8 Å². The number of amides is 1. The molecule has 1 aromatic carbocycles. The average Bonchev–Trinajstić information content (AvgIpc) is 3.14. The number of fused-ring (bicyclic) bond motifs is 1. The van der Waals surface area contributed by atoms with Crippen molar-refractivity contribution in [1.82, 2.24) is 10.6 Å². The van der Waals surface area contributed by atoms with Crippen molar-refractivity contribution in [2.45, 2.75) is 50.6 Å². The van der Waals surface area contributed by atoms with Crippen LogP contribution in [0, 0.1) is 0 Å². The number of halogens is 1. The summed E-state index contributed by atoms with van der Waals surface area (Å²) < 4.78 is 1.23. The molecule has 1 amide bonds. The molecule has 3 nitrogen and oxygen atoms in total. The molecule has 108 valence electrons. The maximum Gasteiger partial charge on any atom is 0.220 e. The molecule has 1 atom stereocenters. The molecule has 20 heavy (non-hydrogen) atoms. The lowest BCUT2D eigenvalue weighted by Crippen LogP contribution is -2.27. The SMILES string of the molecule is O=C(CCCNC1CCc2c(Br)cccc21)NC1CC1. The van der Waals surface area contributed by atoms with E-state index in [-0.39, 0.29) is 5.91 Å². The van der Waals surface area contributed by atoms with E-state index in [1.165, 1.54) is 15.6 Å². The van der Waals surface area contributed by atoms with Crippen LogP contribution in [0.2, 0.25) is 0 Å². The molecule has 0 bridgehead atoms. The first-order valence-electron chi connectivity index (χ1n) is 7.54. The lowest BCUT2D eigenvalue weighted by Gasteiger charge is -2.14. The van der Waals surface area contributed by atoms with Crippen molar-refractivity contribution in [3.63, 3.8) is 0 Å². The highest BCUT2D eigenvalue weighted by Crippen LogP contribution is 2.35. The first kappa shape index (κ1) is 14.1. The molecule has 0 saturated heterocycles. The number of carbonyl (C=O) groups excluding carboxylic acids is 1. The highest BCUT2D eigenvalue weighted by molar-refractivity contribution is 9.10. The summed E-state index contributed by atoms with van der Waals surface area (Å²) in [7, 11) is 0. The van der Waals surface area contributed by atoms with Gasteiger partial charge in [0.2, 0.25) is 5.91 Å². The van der Waals surface area contributed by atoms with E-state index >= 15 is 0 Å². The minimum absolute atomic E-state index is 0.212. The van der Waals surface area contributed by atoms with E-state index in [1.807, 2.05) is 0 Å². The van der Waals surface area contributed by atoms with Gasteiger partial charge >= 0.3 is 0 Å². The molecule has 2 aliphatic carbocycles. The molecule has 0 aromatic heterocycles. The Hall–Kier alpha value is -0.870. The van der Waals surface area contributed by atoms with Crippen molar-refractivity contribution in [1.29, 1.82) is 0 Å². The Bertz CT molecular complexity index is 499. The van der Waals surface area contributed by atoms with Gasteiger partial charge in [-0.25, -0.2) is 0 Å². The molecule has 2 aliphatic rings. The van der Waals surface area contributed by atoms with E-state index < -0.39 is 0 Å². The second kappa shape index (κ2) is 6.27. The Balaban J connectivity index is 1.41. The topological polar surface area (TPSA) is 41.1 Å². The molecule has 0 spiro atoms. The van der Waals surface area contributed by atoms with Crippen molar-refractivity contribution in [3.8, 4) is 0 Å². The Labute approximate surface area is 128 Å². The van der Waals surface area contributed by atoms with E-state index in [2.05, 4.69) is 44.8 Å². The molecule has 0 heterocycles. The van der Waals surface area contributed by atoms with Gasteiger partial charge in [0.15, 0.2) is 0 Å². The predicted octanol–water partition coefficient (Wildman–Crippen LogP) is 3.08. The highest BCUT2D eigenvalue weighted by atomic mass is 79.9. The van der Waals surface area contributed by atoms with Gasteiger partial charge in [-0.2, -0.15) is 0 Å². The molecule has 1 aromatic rings. The predicted molar refractivity (Wildman–Crippen MR) is 83.6 cm³/mol. The lowest BCUT2D eigenvalue weighted by atomic mass is 10.1. The Kier molecular flexibility index (Phi) is 4.41. The molecule has 3 rings (SSSR count). The smallest absolute Gasteiger partial charge is 0.220 e. The summed E-state index contributed by atoms with van der Waals surface area (Å²) in [5.74, 6) is 0.212. The van der Waals surface area contributed by atoms with Gasteiger partial charge in [0.1, 0.15) is 0 Å². The van der Waals surface area contributed by atoms with Crippen molar-refractivity contribution >= 4 is 21.8 Å². The van der Waals surface area contributed by atoms with Gasteiger partial charge in [-0.05, 0) is 55.8 Å². The first-order chi connectivity index (χ1) is 9.74. The lowest BCUT2D eigenvalue weighted by molar-refractivity contribution is -0.121. The minimum atomic E-state index is 0.212. The van der Waals surface area contributed by atoms with E-state index in [4.69, 9.17) is 0 Å². The summed E-state index contributed by atoms with van der Waals surface area (Å²) in [5.41, 5.74) is 2.86. The number of benzene rings is 1. The van der Waals surface area contributed by atoms with E-state index in [1.54, 1.807) is 0 Å². The van der Waals surface area contributed by atoms with Gasteiger partial charge in [0.05, 0.1) is 0 Å². The maximum absolute atomic E-state index is 11.6. The summed E-state index contributed by atoms with van der Waals surface area (Å²) in [6, 6.07) is 7.36. The fraction of sp³-hybridized carbons (Fsp3) is 0.562. The maximum atomic E-state index is 11.6. The fourth-order valence-corrected chi connectivity index (χ4v) is 3.45. The Morgan fingerprint density at radius 2 is 2.15 bits per heavy atom. The zero-order valence-corrected chi connectivity index (χ0v) is 13.2. The van der Waals surface area contributed by atoms with Crippen LogP contribution in [-0.2, 0) is 11.2 Å². The van der Waals surface area contributed by atoms with E-state index in [9.17, 15) is 4.79 Å². The largest absolute Gasteiger partial charge is 0.353 e. The summed E-state index contributed by atoms with van der Waals surface area (Å²) >= 11 is 3.62. The highest BCUT2D eigenvalue weighted by Gasteiger charge is 2.24. The van der Waals surface area contributed by atoms with Gasteiger partial charge < -0.3 is 10.6 Å². The zero-order valence-electron chi connectivity index (χ0n) is 11.6. The number of hydrogen-bond donors (Lipinski definition) is 2. The summed E-state index contributed by atoms with van der Waals surface area (Å²) in [4.78, 5) is 11.6. The van der Waals surface area contributed by atoms with Gasteiger partial charge in [-0.1, -0.05) is 28.1 Å². The van der Waals surface area contributed by atoms with E-state index in [0.29, 0.717) is 18.5 Å². The molecule has 1 unspecified atom stereocenters. The van der Waals surface area contributed by atoms with Crippen LogP contribution in [-0.4, -0.2) is 18.5 Å². The van der Waals surface area contributed by atoms with Crippen molar-refractivity contribution in [2.75, 3.05) is 6.54 Å². The average molecular weight is 337 g/mol. The van der Waals surface area contributed by atoms with Gasteiger partial charge in [0.25, 0.3) is 0 Å². The van der Waals surface area contributed by atoms with Crippen molar-refractivity contribution < 1.29 is 4.79 Å². The van der Waals surface area contributed by atoms with Crippen LogP contribution < -0.4 is 10.6 Å².